The second-order valence-electron chi connectivity index (χ2n) is 14.6. The lowest BCUT2D eigenvalue weighted by molar-refractivity contribution is 1.28. The molecule has 0 radical (unpaired) electrons. The van der Waals surface area contributed by atoms with E-state index in [0.717, 1.165) is 34.1 Å². The van der Waals surface area contributed by atoms with Gasteiger partial charge in [-0.15, -0.1) is 0 Å². The van der Waals surface area contributed by atoms with Crippen LogP contribution in [0.1, 0.15) is 0 Å². The number of nitrogens with zero attached hydrogens (tertiary/aromatic N) is 2. The Bertz CT molecular complexity index is 2960. The smallest absolute Gasteiger partial charge is 0.0468 e. The maximum Gasteiger partial charge on any atom is 0.0468 e. The van der Waals surface area contributed by atoms with Crippen LogP contribution in [0.4, 0.5) is 34.1 Å². The van der Waals surface area contributed by atoms with Crippen molar-refractivity contribution in [3.63, 3.8) is 0 Å². The molecule has 2 heteroatoms. The molecule has 0 fully saturated rings. The van der Waals surface area contributed by atoms with Crippen molar-refractivity contribution < 1.29 is 0 Å². The predicted molar refractivity (Wildman–Crippen MR) is 247 cm³/mol. The average Bonchev–Trinajstić information content (AvgIpc) is 3.30. The molecule has 0 aliphatic carbocycles. The fraction of sp³-hybridized carbons (Fsp3) is 0. The molecule has 0 atom stereocenters. The third-order valence-corrected chi connectivity index (χ3v) is 11.0. The lowest BCUT2D eigenvalue weighted by Crippen LogP contribution is -2.09. The molecule has 0 heterocycles. The maximum atomic E-state index is 2.35. The highest BCUT2D eigenvalue weighted by Crippen LogP contribution is 2.41. The lowest BCUT2D eigenvalue weighted by Gasteiger charge is -2.26. The number of rotatable bonds is 9. The second kappa shape index (κ2) is 15.5. The first-order chi connectivity index (χ1) is 28.7. The molecule has 0 saturated heterocycles. The Morgan fingerprint density at radius 3 is 1.19 bits per heavy atom. The Labute approximate surface area is 340 Å². The molecule has 0 aromatic heterocycles. The van der Waals surface area contributed by atoms with Gasteiger partial charge in [0.05, 0.1) is 0 Å². The standard InChI is InChI=1S/C56H40N2/c1-4-14-41(15-5-1)43-24-31-51(32-25-43)57(49-19-6-2-7-20-49)52-35-29-45(30-36-52)56-40-48(38-47-18-12-13-23-55(47)56)44-26-33-53(34-27-44)58(50-21-8-3-9-22-50)54-37-28-42-16-10-11-17-46(42)39-54/h1-40H. The van der Waals surface area contributed by atoms with Gasteiger partial charge in [0.25, 0.3) is 0 Å². The zero-order chi connectivity index (χ0) is 38.7. The molecule has 10 aromatic rings. The summed E-state index contributed by atoms with van der Waals surface area (Å²) in [4.78, 5) is 4.66. The first-order valence-electron chi connectivity index (χ1n) is 19.8. The molecule has 2 nitrogen and oxygen atoms in total. The van der Waals surface area contributed by atoms with Crippen LogP contribution < -0.4 is 9.80 Å². The summed E-state index contributed by atoms with van der Waals surface area (Å²) in [5.74, 6) is 0. The summed E-state index contributed by atoms with van der Waals surface area (Å²) < 4.78 is 0. The van der Waals surface area contributed by atoms with E-state index in [2.05, 4.69) is 252 Å². The van der Waals surface area contributed by atoms with Gasteiger partial charge in [-0.25, -0.2) is 0 Å². The summed E-state index contributed by atoms with van der Waals surface area (Å²) in [6.07, 6.45) is 0. The lowest BCUT2D eigenvalue weighted by atomic mass is 9.92. The summed E-state index contributed by atoms with van der Waals surface area (Å²) in [6.45, 7) is 0. The van der Waals surface area contributed by atoms with Crippen LogP contribution in [0.3, 0.4) is 0 Å². The molecule has 58 heavy (non-hydrogen) atoms. The second-order valence-corrected chi connectivity index (χ2v) is 14.6. The normalized spacial score (nSPS) is 11.1. The Hall–Kier alpha value is -7.68. The van der Waals surface area contributed by atoms with E-state index in [0.29, 0.717) is 0 Å². The van der Waals surface area contributed by atoms with Crippen LogP contribution in [-0.2, 0) is 0 Å². The first kappa shape index (κ1) is 34.8. The molecule has 0 N–H and O–H groups in total. The largest absolute Gasteiger partial charge is 0.311 e. The Morgan fingerprint density at radius 2 is 0.603 bits per heavy atom. The van der Waals surface area contributed by atoms with Gasteiger partial charge < -0.3 is 9.80 Å². The molecule has 0 unspecified atom stereocenters. The number of anilines is 6. The van der Waals surface area contributed by atoms with E-state index in [9.17, 15) is 0 Å². The monoisotopic (exact) mass is 740 g/mol. The van der Waals surface area contributed by atoms with Gasteiger partial charge in [0.1, 0.15) is 0 Å². The minimum atomic E-state index is 1.10. The number of para-hydroxylation sites is 2. The van der Waals surface area contributed by atoms with E-state index in [-0.39, 0.29) is 0 Å². The summed E-state index contributed by atoms with van der Waals surface area (Å²) in [5, 5.41) is 4.91. The molecule has 0 saturated carbocycles. The molecular formula is C56H40N2. The molecule has 0 amide bonds. The van der Waals surface area contributed by atoms with Crippen molar-refractivity contribution >= 4 is 55.7 Å². The molecular weight excluding hydrogens is 701 g/mol. The fourth-order valence-electron chi connectivity index (χ4n) is 8.11. The van der Waals surface area contributed by atoms with Crippen LogP contribution in [0.2, 0.25) is 0 Å². The third kappa shape index (κ3) is 6.89. The van der Waals surface area contributed by atoms with Crippen molar-refractivity contribution in [3.05, 3.63) is 243 Å². The topological polar surface area (TPSA) is 6.48 Å². The van der Waals surface area contributed by atoms with Crippen molar-refractivity contribution in [1.29, 1.82) is 0 Å². The van der Waals surface area contributed by atoms with Gasteiger partial charge in [0, 0.05) is 34.1 Å². The SMILES string of the molecule is c1ccc(-c2ccc(N(c3ccccc3)c3ccc(-c4cc(-c5ccc(N(c6ccccc6)c6ccc7ccccc7c6)cc5)cc5ccccc45)cc3)cc2)cc1. The average molecular weight is 741 g/mol. The summed E-state index contributed by atoms with van der Waals surface area (Å²) in [5.41, 5.74) is 13.9. The van der Waals surface area contributed by atoms with Gasteiger partial charge in [-0.05, 0) is 140 Å². The zero-order valence-electron chi connectivity index (χ0n) is 32.0. The van der Waals surface area contributed by atoms with E-state index < -0.39 is 0 Å². The number of benzene rings is 10. The van der Waals surface area contributed by atoms with E-state index in [4.69, 9.17) is 0 Å². The molecule has 0 aliphatic rings. The van der Waals surface area contributed by atoms with Gasteiger partial charge in [0.2, 0.25) is 0 Å². The third-order valence-electron chi connectivity index (χ3n) is 11.0. The van der Waals surface area contributed by atoms with Gasteiger partial charge in [-0.1, -0.05) is 158 Å². The minimum Gasteiger partial charge on any atom is -0.311 e. The summed E-state index contributed by atoms with van der Waals surface area (Å²) in [7, 11) is 0. The van der Waals surface area contributed by atoms with E-state index in [1.807, 2.05) is 0 Å². The van der Waals surface area contributed by atoms with E-state index >= 15 is 0 Å². The van der Waals surface area contributed by atoms with Gasteiger partial charge in [-0.2, -0.15) is 0 Å². The van der Waals surface area contributed by atoms with Crippen molar-refractivity contribution in [1.82, 2.24) is 0 Å². The van der Waals surface area contributed by atoms with Gasteiger partial charge >= 0.3 is 0 Å². The fourth-order valence-corrected chi connectivity index (χ4v) is 8.11. The van der Waals surface area contributed by atoms with Crippen molar-refractivity contribution in [2.45, 2.75) is 0 Å². The van der Waals surface area contributed by atoms with Crippen LogP contribution in [0, 0.1) is 0 Å². The van der Waals surface area contributed by atoms with Gasteiger partial charge in [0.15, 0.2) is 0 Å². The van der Waals surface area contributed by atoms with E-state index in [1.54, 1.807) is 0 Å². The first-order valence-corrected chi connectivity index (χ1v) is 19.8. The number of hydrogen-bond donors (Lipinski definition) is 0. The van der Waals surface area contributed by atoms with Crippen LogP contribution in [-0.4, -0.2) is 0 Å². The molecule has 0 aliphatic heterocycles. The summed E-state index contributed by atoms with van der Waals surface area (Å²) >= 11 is 0. The quantitative estimate of drug-likeness (QED) is 0.145. The molecule has 10 aromatic carbocycles. The summed E-state index contributed by atoms with van der Waals surface area (Å²) in [6, 6.07) is 87.2. The highest BCUT2D eigenvalue weighted by molar-refractivity contribution is 6.00. The molecule has 0 spiro atoms. The highest BCUT2D eigenvalue weighted by atomic mass is 15.1. The van der Waals surface area contributed by atoms with Crippen LogP contribution in [0.15, 0.2) is 243 Å². The zero-order valence-corrected chi connectivity index (χ0v) is 32.0. The van der Waals surface area contributed by atoms with Crippen molar-refractivity contribution in [2.24, 2.45) is 0 Å². The minimum absolute atomic E-state index is 1.10. The number of hydrogen-bond acceptors (Lipinski definition) is 2. The molecule has 274 valence electrons. The van der Waals surface area contributed by atoms with E-state index in [1.165, 1.54) is 54.9 Å². The molecule has 0 bridgehead atoms. The molecule has 10 rings (SSSR count). The Morgan fingerprint density at radius 1 is 0.207 bits per heavy atom. The Kier molecular flexibility index (Phi) is 9.27. The van der Waals surface area contributed by atoms with Crippen LogP contribution >= 0.6 is 0 Å². The van der Waals surface area contributed by atoms with Crippen molar-refractivity contribution in [3.8, 4) is 33.4 Å². The maximum absolute atomic E-state index is 2.35. The number of fused-ring (bicyclic) bond motifs is 2. The van der Waals surface area contributed by atoms with Gasteiger partial charge in [-0.3, -0.25) is 0 Å². The Balaban J connectivity index is 1.00. The van der Waals surface area contributed by atoms with Crippen molar-refractivity contribution in [2.75, 3.05) is 9.80 Å². The van der Waals surface area contributed by atoms with Crippen LogP contribution in [0.25, 0.3) is 54.9 Å². The predicted octanol–water partition coefficient (Wildman–Crippen LogP) is 15.9. The highest BCUT2D eigenvalue weighted by Gasteiger charge is 2.16. The van der Waals surface area contributed by atoms with Crippen LogP contribution in [0.5, 0.6) is 0 Å².